The number of fused-ring (bicyclic) bond motifs is 3. The lowest BCUT2D eigenvalue weighted by Crippen LogP contribution is -2.53. The van der Waals surface area contributed by atoms with E-state index in [9.17, 15) is 10.1 Å². The molecule has 1 aromatic heterocycles. The molecule has 2 aromatic carbocycles. The lowest BCUT2D eigenvalue weighted by atomic mass is 9.51. The van der Waals surface area contributed by atoms with Gasteiger partial charge in [-0.05, 0) is 54.0 Å². The molecule has 5 nitrogen and oxygen atoms in total. The van der Waals surface area contributed by atoms with Crippen LogP contribution < -0.4 is 4.74 Å². The van der Waals surface area contributed by atoms with Gasteiger partial charge in [0.05, 0.1) is 11.8 Å². The monoisotopic (exact) mass is 423 g/mol. The number of aromatic nitrogens is 2. The maximum absolute atomic E-state index is 12.9. The minimum absolute atomic E-state index is 0.0634. The molecule has 3 aromatic rings. The average Bonchev–Trinajstić information content (AvgIpc) is 2.85. The fraction of sp³-hybridized carbons (Fsp3) is 0.333. The molecule has 32 heavy (non-hydrogen) atoms. The second-order valence-corrected chi connectivity index (χ2v) is 8.89. The van der Waals surface area contributed by atoms with Crippen LogP contribution in [0.2, 0.25) is 0 Å². The molecule has 0 radical (unpaired) electrons. The van der Waals surface area contributed by atoms with Gasteiger partial charge in [0, 0.05) is 17.5 Å². The van der Waals surface area contributed by atoms with E-state index in [4.69, 9.17) is 9.72 Å². The highest BCUT2D eigenvalue weighted by atomic mass is 16.5. The van der Waals surface area contributed by atoms with Crippen molar-refractivity contribution < 1.29 is 9.53 Å². The van der Waals surface area contributed by atoms with Gasteiger partial charge < -0.3 is 4.74 Å². The Morgan fingerprint density at radius 3 is 2.69 bits per heavy atom. The van der Waals surface area contributed by atoms with Gasteiger partial charge in [-0.25, -0.2) is 9.97 Å². The zero-order valence-electron chi connectivity index (χ0n) is 18.1. The van der Waals surface area contributed by atoms with E-state index in [1.807, 2.05) is 55.6 Å². The Hall–Kier alpha value is -3.52. The second-order valence-electron chi connectivity index (χ2n) is 8.89. The zero-order valence-corrected chi connectivity index (χ0v) is 18.1. The van der Waals surface area contributed by atoms with Crippen LogP contribution in [0.1, 0.15) is 42.1 Å². The van der Waals surface area contributed by atoms with Crippen LogP contribution in [0.15, 0.2) is 67.1 Å². The minimum Gasteiger partial charge on any atom is -0.489 e. The van der Waals surface area contributed by atoms with E-state index in [0.29, 0.717) is 13.0 Å². The summed E-state index contributed by atoms with van der Waals surface area (Å²) in [7, 11) is 0. The Morgan fingerprint density at radius 2 is 1.94 bits per heavy atom. The number of Topliss-reactive ketones (excluding diaryl/α,β-unsaturated/α-hetero) is 1. The molecule has 0 N–H and O–H groups in total. The zero-order chi connectivity index (χ0) is 22.1. The van der Waals surface area contributed by atoms with E-state index >= 15 is 0 Å². The van der Waals surface area contributed by atoms with Gasteiger partial charge in [0.25, 0.3) is 0 Å². The molecule has 1 unspecified atom stereocenters. The molecular weight excluding hydrogens is 398 g/mol. The first-order chi connectivity index (χ1) is 15.6. The fourth-order valence-corrected chi connectivity index (χ4v) is 5.71. The molecule has 2 aliphatic carbocycles. The predicted molar refractivity (Wildman–Crippen MR) is 120 cm³/mol. The SMILES string of the molecule is C[C@@H]1C(=O)C(C#N)C[C@]2(c3ccc(OCc4ccccc4)cc3)c3ncncc3CC[C@@H]12. The second kappa shape index (κ2) is 8.20. The first-order valence-corrected chi connectivity index (χ1v) is 11.1. The number of aryl methyl sites for hydroxylation is 1. The Balaban J connectivity index is 1.54. The molecule has 5 heteroatoms. The summed E-state index contributed by atoms with van der Waals surface area (Å²) >= 11 is 0. The van der Waals surface area contributed by atoms with Gasteiger partial charge in [-0.15, -0.1) is 0 Å². The molecule has 0 aliphatic heterocycles. The third-order valence-corrected chi connectivity index (χ3v) is 7.26. The van der Waals surface area contributed by atoms with Gasteiger partial charge in [0.1, 0.15) is 24.6 Å². The maximum Gasteiger partial charge on any atom is 0.153 e. The smallest absolute Gasteiger partial charge is 0.153 e. The molecule has 5 rings (SSSR count). The third-order valence-electron chi connectivity index (χ3n) is 7.26. The number of hydrogen-bond acceptors (Lipinski definition) is 5. The van der Waals surface area contributed by atoms with Crippen LogP contribution >= 0.6 is 0 Å². The molecule has 1 saturated carbocycles. The van der Waals surface area contributed by atoms with Crippen molar-refractivity contribution in [2.75, 3.05) is 0 Å². The number of nitrogens with zero attached hydrogens (tertiary/aromatic N) is 3. The van der Waals surface area contributed by atoms with Gasteiger partial charge in [0.15, 0.2) is 5.78 Å². The number of ketones is 1. The summed E-state index contributed by atoms with van der Waals surface area (Å²) in [5, 5.41) is 9.78. The van der Waals surface area contributed by atoms with Crippen LogP contribution in [0.25, 0.3) is 0 Å². The number of rotatable bonds is 4. The number of benzene rings is 2. The normalized spacial score (nSPS) is 26.5. The molecule has 0 bridgehead atoms. The molecule has 4 atom stereocenters. The van der Waals surface area contributed by atoms with Gasteiger partial charge in [-0.1, -0.05) is 49.4 Å². The van der Waals surface area contributed by atoms with Crippen LogP contribution in [0.3, 0.4) is 0 Å². The van der Waals surface area contributed by atoms with Crippen LogP contribution in [0, 0.1) is 29.1 Å². The molecule has 0 spiro atoms. The summed E-state index contributed by atoms with van der Waals surface area (Å²) < 4.78 is 5.99. The topological polar surface area (TPSA) is 75.9 Å². The Morgan fingerprint density at radius 1 is 1.16 bits per heavy atom. The highest BCUT2D eigenvalue weighted by Crippen LogP contribution is 2.55. The number of hydrogen-bond donors (Lipinski definition) is 0. The van der Waals surface area contributed by atoms with Crippen molar-refractivity contribution in [2.24, 2.45) is 17.8 Å². The predicted octanol–water partition coefficient (Wildman–Crippen LogP) is 4.65. The van der Waals surface area contributed by atoms with Crippen molar-refractivity contribution >= 4 is 5.78 Å². The van der Waals surface area contributed by atoms with Crippen molar-refractivity contribution in [1.82, 2.24) is 9.97 Å². The van der Waals surface area contributed by atoms with Crippen LogP contribution in [0.4, 0.5) is 0 Å². The highest BCUT2D eigenvalue weighted by Gasteiger charge is 2.56. The Labute approximate surface area is 188 Å². The van der Waals surface area contributed by atoms with Crippen LogP contribution in [-0.2, 0) is 23.2 Å². The van der Waals surface area contributed by atoms with E-state index in [0.717, 1.165) is 41.0 Å². The standard InChI is InChI=1S/C27H25N3O2/c1-18-24-12-7-20-15-29-17-30-26(20)27(24,13-21(14-28)25(18)31)22-8-10-23(11-9-22)32-16-19-5-3-2-4-6-19/h2-6,8-11,15,17-18,21,24H,7,12-13,16H2,1H3/t18-,21?,24-,27+/m0/s1. The molecule has 0 saturated heterocycles. The Kier molecular flexibility index (Phi) is 5.22. The molecule has 1 heterocycles. The lowest BCUT2D eigenvalue weighted by molar-refractivity contribution is -0.131. The summed E-state index contributed by atoms with van der Waals surface area (Å²) in [5.74, 6) is 0.147. The highest BCUT2D eigenvalue weighted by molar-refractivity contribution is 5.87. The van der Waals surface area contributed by atoms with Crippen molar-refractivity contribution in [3.05, 3.63) is 89.5 Å². The quantitative estimate of drug-likeness (QED) is 0.610. The number of nitriles is 1. The van der Waals surface area contributed by atoms with E-state index < -0.39 is 11.3 Å². The molecule has 0 amide bonds. The number of ether oxygens (including phenoxy) is 1. The van der Waals surface area contributed by atoms with Crippen molar-refractivity contribution in [3.8, 4) is 11.8 Å². The van der Waals surface area contributed by atoms with Crippen molar-refractivity contribution in [3.63, 3.8) is 0 Å². The summed E-state index contributed by atoms with van der Waals surface area (Å²) in [6, 6.07) is 20.5. The van der Waals surface area contributed by atoms with Gasteiger partial charge in [-0.3, -0.25) is 4.79 Å². The number of carbonyl (C=O) groups excluding carboxylic acids is 1. The fourth-order valence-electron chi connectivity index (χ4n) is 5.71. The van der Waals surface area contributed by atoms with Gasteiger partial charge >= 0.3 is 0 Å². The minimum atomic E-state index is -0.629. The van der Waals surface area contributed by atoms with Crippen LogP contribution in [-0.4, -0.2) is 15.8 Å². The van der Waals surface area contributed by atoms with E-state index in [-0.39, 0.29) is 17.6 Å². The molecular formula is C27H25N3O2. The van der Waals surface area contributed by atoms with Crippen LogP contribution in [0.5, 0.6) is 5.75 Å². The number of carbonyl (C=O) groups is 1. The van der Waals surface area contributed by atoms with Crippen molar-refractivity contribution in [2.45, 2.75) is 38.2 Å². The Bertz CT molecular complexity index is 1170. The maximum atomic E-state index is 12.9. The largest absolute Gasteiger partial charge is 0.489 e. The molecule has 1 fully saturated rings. The van der Waals surface area contributed by atoms with Gasteiger partial charge in [-0.2, -0.15) is 5.26 Å². The molecule has 2 aliphatic rings. The molecule has 160 valence electrons. The summed E-state index contributed by atoms with van der Waals surface area (Å²) in [6.07, 6.45) is 5.68. The lowest BCUT2D eigenvalue weighted by Gasteiger charge is -2.51. The van der Waals surface area contributed by atoms with E-state index in [2.05, 4.69) is 23.2 Å². The summed E-state index contributed by atoms with van der Waals surface area (Å²) in [6.45, 7) is 2.49. The van der Waals surface area contributed by atoms with E-state index in [1.54, 1.807) is 6.33 Å². The first-order valence-electron chi connectivity index (χ1n) is 11.1. The third kappa shape index (κ3) is 3.27. The van der Waals surface area contributed by atoms with Crippen molar-refractivity contribution in [1.29, 1.82) is 5.26 Å². The summed E-state index contributed by atoms with van der Waals surface area (Å²) in [5.41, 5.74) is 3.83. The van der Waals surface area contributed by atoms with E-state index in [1.165, 1.54) is 0 Å². The summed E-state index contributed by atoms with van der Waals surface area (Å²) in [4.78, 5) is 21.8. The average molecular weight is 424 g/mol. The van der Waals surface area contributed by atoms with Gasteiger partial charge in [0.2, 0.25) is 0 Å². The first kappa shape index (κ1) is 20.4.